The second kappa shape index (κ2) is 8.53. The fourth-order valence-corrected chi connectivity index (χ4v) is 2.85. The first-order valence-electron chi connectivity index (χ1n) is 8.06. The van der Waals surface area contributed by atoms with E-state index in [1.165, 1.54) is 12.8 Å². The lowest BCUT2D eigenvalue weighted by atomic mass is 9.85. The molecular weight excluding hydrogens is 294 g/mol. The van der Waals surface area contributed by atoms with Crippen molar-refractivity contribution >= 4 is 17.5 Å². The Morgan fingerprint density at radius 1 is 1.48 bits per heavy atom. The molecule has 0 aromatic heterocycles. The van der Waals surface area contributed by atoms with E-state index in [2.05, 4.69) is 17.6 Å². The zero-order chi connectivity index (χ0) is 16.7. The van der Waals surface area contributed by atoms with Crippen LogP contribution >= 0.6 is 0 Å². The molecule has 2 rings (SSSR count). The molecular formula is C17H25N3O3. The Morgan fingerprint density at radius 3 is 3.00 bits per heavy atom. The van der Waals surface area contributed by atoms with Gasteiger partial charge >= 0.3 is 0 Å². The van der Waals surface area contributed by atoms with E-state index in [1.54, 1.807) is 24.3 Å². The van der Waals surface area contributed by atoms with E-state index in [-0.39, 0.29) is 12.5 Å². The Labute approximate surface area is 136 Å². The number of hydrogen-bond donors (Lipinski definition) is 3. The molecule has 0 spiro atoms. The van der Waals surface area contributed by atoms with Crippen molar-refractivity contribution in [2.24, 2.45) is 17.6 Å². The molecule has 1 aromatic carbocycles. The molecule has 23 heavy (non-hydrogen) atoms. The highest BCUT2D eigenvalue weighted by Gasteiger charge is 2.22. The molecule has 2 unspecified atom stereocenters. The molecule has 0 radical (unpaired) electrons. The summed E-state index contributed by atoms with van der Waals surface area (Å²) in [7, 11) is 0. The van der Waals surface area contributed by atoms with Crippen LogP contribution in [0.3, 0.4) is 0 Å². The highest BCUT2D eigenvalue weighted by molar-refractivity contribution is 5.91. The number of rotatable bonds is 7. The van der Waals surface area contributed by atoms with E-state index >= 15 is 0 Å². The molecule has 0 bridgehead atoms. The Bertz CT molecular complexity index is 542. The van der Waals surface area contributed by atoms with Gasteiger partial charge in [-0.1, -0.05) is 13.0 Å². The number of primary amides is 1. The first-order chi connectivity index (χ1) is 11.0. The van der Waals surface area contributed by atoms with Crippen molar-refractivity contribution < 1.29 is 14.3 Å². The van der Waals surface area contributed by atoms with E-state index in [0.29, 0.717) is 29.7 Å². The number of benzene rings is 1. The van der Waals surface area contributed by atoms with Crippen molar-refractivity contribution in [1.29, 1.82) is 0 Å². The van der Waals surface area contributed by atoms with E-state index < -0.39 is 5.91 Å². The van der Waals surface area contributed by atoms with Crippen LogP contribution in [0.5, 0.6) is 5.75 Å². The monoisotopic (exact) mass is 319 g/mol. The summed E-state index contributed by atoms with van der Waals surface area (Å²) in [5.74, 6) is 0.868. The molecule has 1 aliphatic heterocycles. The van der Waals surface area contributed by atoms with Crippen molar-refractivity contribution in [3.8, 4) is 5.75 Å². The number of carbonyl (C=O) groups excluding carboxylic acids is 2. The van der Waals surface area contributed by atoms with Crippen LogP contribution in [-0.2, 0) is 9.59 Å². The number of nitrogens with two attached hydrogens (primary N) is 1. The Balaban J connectivity index is 1.84. The topological polar surface area (TPSA) is 93.4 Å². The fourth-order valence-electron chi connectivity index (χ4n) is 2.85. The van der Waals surface area contributed by atoms with Gasteiger partial charge < -0.3 is 21.1 Å². The predicted octanol–water partition coefficient (Wildman–Crippen LogP) is 1.51. The molecule has 1 fully saturated rings. The van der Waals surface area contributed by atoms with Crippen LogP contribution in [0.2, 0.25) is 0 Å². The van der Waals surface area contributed by atoms with Crippen LogP contribution in [0, 0.1) is 11.8 Å². The average Bonchev–Trinajstić information content (AvgIpc) is 2.54. The number of piperidine rings is 1. The highest BCUT2D eigenvalue weighted by atomic mass is 16.5. The first-order valence-corrected chi connectivity index (χ1v) is 8.06. The van der Waals surface area contributed by atoms with Crippen molar-refractivity contribution in [2.75, 3.05) is 25.0 Å². The van der Waals surface area contributed by atoms with Gasteiger partial charge in [0, 0.05) is 18.2 Å². The molecule has 4 N–H and O–H groups in total. The lowest BCUT2D eigenvalue weighted by Gasteiger charge is -2.28. The molecule has 0 aliphatic carbocycles. The normalized spacial score (nSPS) is 18.9. The summed E-state index contributed by atoms with van der Waals surface area (Å²) in [6, 6.07) is 6.96. The summed E-state index contributed by atoms with van der Waals surface area (Å²) in [6.45, 7) is 4.02. The Hall–Kier alpha value is -2.08. The summed E-state index contributed by atoms with van der Waals surface area (Å²) < 4.78 is 5.23. The summed E-state index contributed by atoms with van der Waals surface area (Å²) in [5.41, 5.74) is 5.70. The van der Waals surface area contributed by atoms with Gasteiger partial charge in [-0.05, 0) is 49.9 Å². The number of carbonyl (C=O) groups is 2. The number of anilines is 1. The lowest BCUT2D eigenvalue weighted by Crippen LogP contribution is -2.34. The lowest BCUT2D eigenvalue weighted by molar-refractivity contribution is -0.120. The largest absolute Gasteiger partial charge is 0.484 e. The quantitative estimate of drug-likeness (QED) is 0.710. The van der Waals surface area contributed by atoms with Gasteiger partial charge in [-0.25, -0.2) is 0 Å². The molecule has 1 aliphatic rings. The smallest absolute Gasteiger partial charge is 0.255 e. The number of nitrogens with one attached hydrogen (secondary N) is 2. The van der Waals surface area contributed by atoms with Crippen LogP contribution in [0.25, 0.3) is 0 Å². The molecule has 1 saturated heterocycles. The Kier molecular flexibility index (Phi) is 6.40. The minimum Gasteiger partial charge on any atom is -0.484 e. The van der Waals surface area contributed by atoms with E-state index in [9.17, 15) is 9.59 Å². The standard InChI is InChI=1S/C17H25N3O3/c1-12(13-4-3-7-19-10-13)8-17(22)20-14-5-2-6-15(9-14)23-11-16(18)21/h2,5-6,9,12-13,19H,3-4,7-8,10-11H2,1H3,(H2,18,21)(H,20,22). The summed E-state index contributed by atoms with van der Waals surface area (Å²) >= 11 is 0. The zero-order valence-electron chi connectivity index (χ0n) is 13.5. The van der Waals surface area contributed by atoms with Crippen molar-refractivity contribution in [3.05, 3.63) is 24.3 Å². The maximum atomic E-state index is 12.2. The van der Waals surface area contributed by atoms with Crippen LogP contribution in [-0.4, -0.2) is 31.5 Å². The molecule has 0 saturated carbocycles. The van der Waals surface area contributed by atoms with Crippen LogP contribution in [0.1, 0.15) is 26.2 Å². The van der Waals surface area contributed by atoms with Crippen LogP contribution in [0.4, 0.5) is 5.69 Å². The van der Waals surface area contributed by atoms with Gasteiger partial charge in [0.15, 0.2) is 6.61 Å². The summed E-state index contributed by atoms with van der Waals surface area (Å²) in [6.07, 6.45) is 2.85. The maximum Gasteiger partial charge on any atom is 0.255 e. The zero-order valence-corrected chi connectivity index (χ0v) is 13.5. The molecule has 2 amide bonds. The van der Waals surface area contributed by atoms with Gasteiger partial charge in [0.1, 0.15) is 5.75 Å². The molecule has 126 valence electrons. The van der Waals surface area contributed by atoms with Crippen LogP contribution in [0.15, 0.2) is 24.3 Å². The predicted molar refractivity (Wildman–Crippen MR) is 89.1 cm³/mol. The second-order valence-corrected chi connectivity index (χ2v) is 6.12. The second-order valence-electron chi connectivity index (χ2n) is 6.12. The summed E-state index contributed by atoms with van der Waals surface area (Å²) in [4.78, 5) is 22.9. The van der Waals surface area contributed by atoms with Crippen molar-refractivity contribution in [1.82, 2.24) is 5.32 Å². The third kappa shape index (κ3) is 5.90. The average molecular weight is 319 g/mol. The van der Waals surface area contributed by atoms with Gasteiger partial charge in [-0.3, -0.25) is 9.59 Å². The molecule has 2 atom stereocenters. The third-order valence-corrected chi connectivity index (χ3v) is 4.15. The van der Waals surface area contributed by atoms with Crippen LogP contribution < -0.4 is 21.1 Å². The third-order valence-electron chi connectivity index (χ3n) is 4.15. The van der Waals surface area contributed by atoms with E-state index in [4.69, 9.17) is 10.5 Å². The molecule has 6 heteroatoms. The van der Waals surface area contributed by atoms with Gasteiger partial charge in [0.2, 0.25) is 5.91 Å². The molecule has 1 aromatic rings. The molecule has 1 heterocycles. The SMILES string of the molecule is CC(CC(=O)Nc1cccc(OCC(N)=O)c1)C1CCCNC1. The van der Waals surface area contributed by atoms with Gasteiger partial charge in [-0.2, -0.15) is 0 Å². The van der Waals surface area contributed by atoms with Gasteiger partial charge in [0.25, 0.3) is 5.91 Å². The van der Waals surface area contributed by atoms with Crippen molar-refractivity contribution in [2.45, 2.75) is 26.2 Å². The van der Waals surface area contributed by atoms with E-state index in [1.807, 2.05) is 0 Å². The fraction of sp³-hybridized carbons (Fsp3) is 0.529. The first kappa shape index (κ1) is 17.3. The number of ether oxygens (including phenoxy) is 1. The summed E-state index contributed by atoms with van der Waals surface area (Å²) in [5, 5.41) is 6.27. The highest BCUT2D eigenvalue weighted by Crippen LogP contribution is 2.23. The number of amides is 2. The van der Waals surface area contributed by atoms with Gasteiger partial charge in [-0.15, -0.1) is 0 Å². The van der Waals surface area contributed by atoms with Crippen molar-refractivity contribution in [3.63, 3.8) is 0 Å². The Morgan fingerprint density at radius 2 is 2.30 bits per heavy atom. The van der Waals surface area contributed by atoms with E-state index in [0.717, 1.165) is 13.1 Å². The molecule has 6 nitrogen and oxygen atoms in total. The number of hydrogen-bond acceptors (Lipinski definition) is 4. The maximum absolute atomic E-state index is 12.2. The minimum atomic E-state index is -0.533. The minimum absolute atomic E-state index is 0.00451. The van der Waals surface area contributed by atoms with Gasteiger partial charge in [0.05, 0.1) is 0 Å².